The molecule has 27 heavy (non-hydrogen) atoms. The highest BCUT2D eigenvalue weighted by molar-refractivity contribution is 5.82. The van der Waals surface area contributed by atoms with Gasteiger partial charge in [0.05, 0.1) is 13.2 Å². The second kappa shape index (κ2) is 6.10. The van der Waals surface area contributed by atoms with Gasteiger partial charge in [0.2, 0.25) is 12.2 Å². The molecular formula is C19H22O8. The topological polar surface area (TPSA) is 112 Å². The Balaban J connectivity index is 1.84. The molecule has 0 bridgehead atoms. The molecule has 0 radical (unpaired) electrons. The number of carbonyl (C=O) groups excluding carboxylic acids is 2. The summed E-state index contributed by atoms with van der Waals surface area (Å²) in [5.41, 5.74) is -2.73. The summed E-state index contributed by atoms with van der Waals surface area (Å²) < 4.78 is 21.5. The summed E-state index contributed by atoms with van der Waals surface area (Å²) in [5.74, 6) is -0.780. The van der Waals surface area contributed by atoms with Crippen LogP contribution < -0.4 is 9.47 Å². The number of rotatable bonds is 4. The molecule has 0 saturated heterocycles. The van der Waals surface area contributed by atoms with Crippen molar-refractivity contribution in [2.45, 2.75) is 56.5 Å². The summed E-state index contributed by atoms with van der Waals surface area (Å²) in [6, 6.07) is 3.13. The van der Waals surface area contributed by atoms with Crippen LogP contribution in [0.4, 0.5) is 0 Å². The molecule has 8 nitrogen and oxygen atoms in total. The van der Waals surface area contributed by atoms with E-state index in [-0.39, 0.29) is 37.6 Å². The van der Waals surface area contributed by atoms with E-state index in [1.54, 1.807) is 26.0 Å². The van der Waals surface area contributed by atoms with Crippen LogP contribution in [-0.4, -0.2) is 47.6 Å². The van der Waals surface area contributed by atoms with Gasteiger partial charge < -0.3 is 29.2 Å². The lowest BCUT2D eigenvalue weighted by Crippen LogP contribution is -2.45. The number of aliphatic hydroxyl groups is 2. The molecule has 3 aliphatic rings. The molecule has 0 fully saturated rings. The van der Waals surface area contributed by atoms with Crippen molar-refractivity contribution in [1.29, 1.82) is 0 Å². The molecule has 146 valence electrons. The van der Waals surface area contributed by atoms with Crippen LogP contribution >= 0.6 is 0 Å². The first-order valence-electron chi connectivity index (χ1n) is 9.16. The van der Waals surface area contributed by atoms with E-state index in [0.717, 1.165) is 0 Å². The number of hydrogen-bond acceptors (Lipinski definition) is 8. The summed E-state index contributed by atoms with van der Waals surface area (Å²) in [4.78, 5) is 24.8. The fourth-order valence-electron chi connectivity index (χ4n) is 4.39. The SMILES string of the molecule is CCOC(=O)C1Oc2ccc3c4c2C1(O)CCCC4(O)C(C(=O)OCC)O3. The minimum absolute atomic E-state index is 0.154. The standard InChI is InChI=1S/C19H22O8/c1-3-24-16(20)14-18(22)8-5-9-19(23)13-11(7-6-10(26-14)12(13)18)27-15(19)17(21)25-4-2/h6-7,14-15,22-23H,3-5,8-9H2,1-2H3. The Kier molecular flexibility index (Phi) is 4.08. The number of esters is 2. The minimum atomic E-state index is -1.66. The molecule has 4 rings (SSSR count). The van der Waals surface area contributed by atoms with E-state index < -0.39 is 35.3 Å². The largest absolute Gasteiger partial charge is 0.475 e. The molecular weight excluding hydrogens is 356 g/mol. The minimum Gasteiger partial charge on any atom is -0.475 e. The average molecular weight is 378 g/mol. The maximum absolute atomic E-state index is 12.4. The van der Waals surface area contributed by atoms with Gasteiger partial charge in [-0.05, 0) is 45.2 Å². The van der Waals surface area contributed by atoms with Crippen LogP contribution in [0.2, 0.25) is 0 Å². The third-order valence-electron chi connectivity index (χ3n) is 5.47. The second-order valence-corrected chi connectivity index (χ2v) is 7.01. The van der Waals surface area contributed by atoms with E-state index in [1.165, 1.54) is 0 Å². The maximum Gasteiger partial charge on any atom is 0.350 e. The summed E-state index contributed by atoms with van der Waals surface area (Å²) in [6.07, 6.45) is -1.76. The van der Waals surface area contributed by atoms with Crippen LogP contribution in [-0.2, 0) is 30.3 Å². The molecule has 4 atom stereocenters. The zero-order valence-corrected chi connectivity index (χ0v) is 15.2. The van der Waals surface area contributed by atoms with E-state index in [9.17, 15) is 19.8 Å². The Morgan fingerprint density at radius 3 is 1.74 bits per heavy atom. The highest BCUT2D eigenvalue weighted by atomic mass is 16.6. The fraction of sp³-hybridized carbons (Fsp3) is 0.579. The molecule has 1 aliphatic carbocycles. The Labute approximate surface area is 156 Å². The lowest BCUT2D eigenvalue weighted by atomic mass is 9.81. The van der Waals surface area contributed by atoms with Gasteiger partial charge in [0.25, 0.3) is 0 Å². The zero-order valence-electron chi connectivity index (χ0n) is 15.2. The number of carbonyl (C=O) groups is 2. The molecule has 2 heterocycles. The summed E-state index contributed by atoms with van der Waals surface area (Å²) >= 11 is 0. The van der Waals surface area contributed by atoms with Gasteiger partial charge in [-0.25, -0.2) is 9.59 Å². The summed E-state index contributed by atoms with van der Waals surface area (Å²) in [5, 5.41) is 22.9. The molecule has 2 N–H and O–H groups in total. The quantitative estimate of drug-likeness (QED) is 0.743. The van der Waals surface area contributed by atoms with Gasteiger partial charge in [0.1, 0.15) is 22.7 Å². The van der Waals surface area contributed by atoms with Gasteiger partial charge >= 0.3 is 11.9 Å². The van der Waals surface area contributed by atoms with Crippen LogP contribution in [0.1, 0.15) is 44.2 Å². The van der Waals surface area contributed by atoms with Gasteiger partial charge in [0.15, 0.2) is 0 Å². The lowest BCUT2D eigenvalue weighted by molar-refractivity contribution is -0.163. The van der Waals surface area contributed by atoms with Gasteiger partial charge in [-0.1, -0.05) is 0 Å². The van der Waals surface area contributed by atoms with Gasteiger partial charge in [-0.2, -0.15) is 0 Å². The van der Waals surface area contributed by atoms with Crippen LogP contribution in [0, 0.1) is 0 Å². The van der Waals surface area contributed by atoms with E-state index in [1.807, 2.05) is 0 Å². The molecule has 0 saturated carbocycles. The van der Waals surface area contributed by atoms with E-state index in [4.69, 9.17) is 18.9 Å². The number of hydrogen-bond donors (Lipinski definition) is 2. The highest BCUT2D eigenvalue weighted by Gasteiger charge is 2.63. The van der Waals surface area contributed by atoms with Crippen molar-refractivity contribution in [3.8, 4) is 11.5 Å². The van der Waals surface area contributed by atoms with Crippen molar-refractivity contribution in [3.05, 3.63) is 23.3 Å². The monoisotopic (exact) mass is 378 g/mol. The molecule has 0 amide bonds. The molecule has 1 aromatic rings. The summed E-state index contributed by atoms with van der Waals surface area (Å²) in [7, 11) is 0. The Morgan fingerprint density at radius 1 is 0.963 bits per heavy atom. The summed E-state index contributed by atoms with van der Waals surface area (Å²) in [6.45, 7) is 3.65. The predicted molar refractivity (Wildman–Crippen MR) is 90.2 cm³/mol. The van der Waals surface area contributed by atoms with Crippen molar-refractivity contribution in [2.24, 2.45) is 0 Å². The van der Waals surface area contributed by atoms with Crippen molar-refractivity contribution in [3.63, 3.8) is 0 Å². The molecule has 8 heteroatoms. The first-order chi connectivity index (χ1) is 12.9. The number of ether oxygens (including phenoxy) is 4. The van der Waals surface area contributed by atoms with E-state index in [2.05, 4.69) is 0 Å². The average Bonchev–Trinajstić information content (AvgIpc) is 3.04. The Bertz CT molecular complexity index is 740. The van der Waals surface area contributed by atoms with Crippen LogP contribution in [0.3, 0.4) is 0 Å². The first kappa shape index (κ1) is 18.1. The third-order valence-corrected chi connectivity index (χ3v) is 5.47. The van der Waals surface area contributed by atoms with Crippen LogP contribution in [0.5, 0.6) is 11.5 Å². The number of benzene rings is 1. The smallest absolute Gasteiger partial charge is 0.350 e. The molecule has 0 aromatic heterocycles. The van der Waals surface area contributed by atoms with Gasteiger partial charge in [-0.3, -0.25) is 0 Å². The van der Waals surface area contributed by atoms with Crippen molar-refractivity contribution >= 4 is 11.9 Å². The Hall–Kier alpha value is -2.32. The van der Waals surface area contributed by atoms with Crippen LogP contribution in [0.25, 0.3) is 0 Å². The zero-order chi connectivity index (χ0) is 19.4. The van der Waals surface area contributed by atoms with Crippen molar-refractivity contribution in [2.75, 3.05) is 13.2 Å². The predicted octanol–water partition coefficient (Wildman–Crippen LogP) is 0.894. The normalized spacial score (nSPS) is 32.7. The Morgan fingerprint density at radius 2 is 1.37 bits per heavy atom. The molecule has 0 spiro atoms. The van der Waals surface area contributed by atoms with Gasteiger partial charge in [0, 0.05) is 11.1 Å². The maximum atomic E-state index is 12.4. The second-order valence-electron chi connectivity index (χ2n) is 7.01. The highest BCUT2D eigenvalue weighted by Crippen LogP contribution is 2.58. The third kappa shape index (κ3) is 2.36. The molecule has 4 unspecified atom stereocenters. The van der Waals surface area contributed by atoms with Gasteiger partial charge in [-0.15, -0.1) is 0 Å². The fourth-order valence-corrected chi connectivity index (χ4v) is 4.39. The molecule has 1 aromatic carbocycles. The van der Waals surface area contributed by atoms with Crippen molar-refractivity contribution in [1.82, 2.24) is 0 Å². The van der Waals surface area contributed by atoms with E-state index >= 15 is 0 Å². The first-order valence-corrected chi connectivity index (χ1v) is 9.16. The molecule has 2 aliphatic heterocycles. The van der Waals surface area contributed by atoms with Crippen molar-refractivity contribution < 1.29 is 38.7 Å². The lowest BCUT2D eigenvalue weighted by Gasteiger charge is -2.27. The van der Waals surface area contributed by atoms with Crippen LogP contribution in [0.15, 0.2) is 12.1 Å². The van der Waals surface area contributed by atoms with E-state index in [0.29, 0.717) is 17.5 Å².